The van der Waals surface area contributed by atoms with E-state index in [9.17, 15) is 19.5 Å². The number of nitrogens with one attached hydrogen (secondary N) is 1. The number of aryl methyl sites for hydroxylation is 1. The van der Waals surface area contributed by atoms with E-state index in [0.717, 1.165) is 18.7 Å². The molecule has 4 heterocycles. The standard InChI is InChI=1S/C17H17N5O4/c1-20-6-5-14(23)12(9-20)19-17(26)22-10-4-7-21(8-10)13-3-2-11(16(24)25)18-15(13)22/h2-3,5-6,9-10H,4,7-8H2,1H3,(H,19,26)(H,24,25)/t10-/m0/s1. The highest BCUT2D eigenvalue weighted by atomic mass is 16.4. The number of carboxylic acid groups (broad SMARTS) is 1. The predicted octanol–water partition coefficient (Wildman–Crippen LogP) is 1.11. The van der Waals surface area contributed by atoms with Gasteiger partial charge in [0.1, 0.15) is 5.69 Å². The molecule has 134 valence electrons. The van der Waals surface area contributed by atoms with Gasteiger partial charge in [0.15, 0.2) is 11.5 Å². The molecule has 26 heavy (non-hydrogen) atoms. The topological polar surface area (TPSA) is 108 Å². The van der Waals surface area contributed by atoms with Crippen LogP contribution < -0.4 is 20.5 Å². The van der Waals surface area contributed by atoms with Crippen molar-refractivity contribution in [3.05, 3.63) is 46.5 Å². The number of aromatic nitrogens is 2. The third-order valence-electron chi connectivity index (χ3n) is 4.69. The first-order valence-electron chi connectivity index (χ1n) is 8.20. The van der Waals surface area contributed by atoms with Crippen LogP contribution in [-0.4, -0.2) is 45.8 Å². The Hall–Kier alpha value is -3.36. The van der Waals surface area contributed by atoms with Gasteiger partial charge in [-0.1, -0.05) is 0 Å². The summed E-state index contributed by atoms with van der Waals surface area (Å²) in [7, 11) is 1.75. The number of nitrogens with zero attached hydrogens (tertiary/aromatic N) is 4. The Kier molecular flexibility index (Phi) is 3.64. The van der Waals surface area contributed by atoms with Crippen LogP contribution in [0.15, 0.2) is 35.4 Å². The second-order valence-corrected chi connectivity index (χ2v) is 6.42. The Morgan fingerprint density at radius 3 is 2.88 bits per heavy atom. The van der Waals surface area contributed by atoms with Crippen LogP contribution in [-0.2, 0) is 7.05 Å². The van der Waals surface area contributed by atoms with E-state index in [4.69, 9.17) is 0 Å². The molecule has 1 atom stereocenters. The summed E-state index contributed by atoms with van der Waals surface area (Å²) >= 11 is 0. The molecule has 1 fully saturated rings. The van der Waals surface area contributed by atoms with Gasteiger partial charge in [-0.2, -0.15) is 0 Å². The fourth-order valence-corrected chi connectivity index (χ4v) is 3.45. The van der Waals surface area contributed by atoms with Crippen molar-refractivity contribution in [1.29, 1.82) is 0 Å². The van der Waals surface area contributed by atoms with Crippen molar-refractivity contribution in [3.8, 4) is 0 Å². The monoisotopic (exact) mass is 355 g/mol. The number of anilines is 3. The molecule has 0 saturated carbocycles. The van der Waals surface area contributed by atoms with Gasteiger partial charge in [-0.3, -0.25) is 9.69 Å². The van der Waals surface area contributed by atoms with Gasteiger partial charge in [0.2, 0.25) is 5.43 Å². The molecule has 9 heteroatoms. The fourth-order valence-electron chi connectivity index (χ4n) is 3.45. The minimum Gasteiger partial charge on any atom is -0.477 e. The Labute approximate surface area is 148 Å². The number of carbonyl (C=O) groups is 2. The van der Waals surface area contributed by atoms with Crippen LogP contribution in [0.25, 0.3) is 0 Å². The lowest BCUT2D eigenvalue weighted by Crippen LogP contribution is -2.48. The molecule has 9 nitrogen and oxygen atoms in total. The molecule has 2 aromatic rings. The Bertz CT molecular complexity index is 970. The highest BCUT2D eigenvalue weighted by molar-refractivity contribution is 6.05. The third-order valence-corrected chi connectivity index (χ3v) is 4.69. The van der Waals surface area contributed by atoms with Crippen molar-refractivity contribution >= 4 is 29.2 Å². The number of rotatable bonds is 2. The van der Waals surface area contributed by atoms with Crippen LogP contribution in [0.1, 0.15) is 16.9 Å². The van der Waals surface area contributed by atoms with Crippen LogP contribution in [0.5, 0.6) is 0 Å². The summed E-state index contributed by atoms with van der Waals surface area (Å²) in [6.45, 7) is 1.42. The molecule has 2 amide bonds. The Morgan fingerprint density at radius 1 is 1.31 bits per heavy atom. The lowest BCUT2D eigenvalue weighted by molar-refractivity contribution is 0.0690. The lowest BCUT2D eigenvalue weighted by Gasteiger charge is -2.35. The van der Waals surface area contributed by atoms with Crippen LogP contribution in [0.3, 0.4) is 0 Å². The zero-order chi connectivity index (χ0) is 18.4. The minimum atomic E-state index is -1.15. The molecule has 2 aliphatic heterocycles. The fraction of sp³-hybridized carbons (Fsp3) is 0.294. The zero-order valence-electron chi connectivity index (χ0n) is 14.0. The van der Waals surface area contributed by atoms with Crippen molar-refractivity contribution in [3.63, 3.8) is 0 Å². The van der Waals surface area contributed by atoms with E-state index < -0.39 is 12.0 Å². The predicted molar refractivity (Wildman–Crippen MR) is 95.0 cm³/mol. The van der Waals surface area contributed by atoms with Gasteiger partial charge in [0, 0.05) is 38.6 Å². The third kappa shape index (κ3) is 2.57. The first-order chi connectivity index (χ1) is 12.4. The molecule has 4 rings (SSSR count). The number of fused-ring (bicyclic) bond motifs is 4. The van der Waals surface area contributed by atoms with Crippen molar-refractivity contribution in [2.24, 2.45) is 7.05 Å². The van der Waals surface area contributed by atoms with E-state index in [1.165, 1.54) is 23.2 Å². The van der Waals surface area contributed by atoms with Crippen LogP contribution >= 0.6 is 0 Å². The SMILES string of the molecule is Cn1ccc(=O)c(NC(=O)N2c3nc(C(=O)O)ccc3N3CC[C@H]2C3)c1. The number of carboxylic acids is 1. The molecule has 1 saturated heterocycles. The quantitative estimate of drug-likeness (QED) is 0.835. The molecule has 0 spiro atoms. The summed E-state index contributed by atoms with van der Waals surface area (Å²) in [5.41, 5.74) is 0.463. The van der Waals surface area contributed by atoms with Crippen molar-refractivity contribution < 1.29 is 14.7 Å². The first kappa shape index (κ1) is 16.1. The zero-order valence-corrected chi connectivity index (χ0v) is 14.0. The maximum atomic E-state index is 12.9. The summed E-state index contributed by atoms with van der Waals surface area (Å²) in [6, 6.07) is 3.87. The Morgan fingerprint density at radius 2 is 2.12 bits per heavy atom. The molecule has 2 N–H and O–H groups in total. The van der Waals surface area contributed by atoms with E-state index in [2.05, 4.69) is 15.2 Å². The first-order valence-corrected chi connectivity index (χ1v) is 8.20. The van der Waals surface area contributed by atoms with E-state index in [0.29, 0.717) is 12.4 Å². The maximum absolute atomic E-state index is 12.9. The molecule has 0 aliphatic carbocycles. The lowest BCUT2D eigenvalue weighted by atomic mass is 10.2. The summed E-state index contributed by atoms with van der Waals surface area (Å²) < 4.78 is 1.67. The highest BCUT2D eigenvalue weighted by Crippen LogP contribution is 2.39. The largest absolute Gasteiger partial charge is 0.477 e. The summed E-state index contributed by atoms with van der Waals surface area (Å²) in [4.78, 5) is 43.9. The van der Waals surface area contributed by atoms with Gasteiger partial charge >= 0.3 is 12.0 Å². The summed E-state index contributed by atoms with van der Waals surface area (Å²) in [6.07, 6.45) is 3.88. The summed E-state index contributed by atoms with van der Waals surface area (Å²) in [5, 5.41) is 11.9. The molecule has 2 bridgehead atoms. The van der Waals surface area contributed by atoms with E-state index >= 15 is 0 Å². The molecule has 0 radical (unpaired) electrons. The number of hydrogen-bond acceptors (Lipinski definition) is 5. The van der Waals surface area contributed by atoms with Gasteiger partial charge in [0.05, 0.1) is 11.7 Å². The van der Waals surface area contributed by atoms with Crippen molar-refractivity contribution in [2.45, 2.75) is 12.5 Å². The van der Waals surface area contributed by atoms with Gasteiger partial charge in [-0.25, -0.2) is 14.6 Å². The number of amides is 2. The molecule has 2 aromatic heterocycles. The molecular formula is C17H17N5O4. The number of pyridine rings is 2. The minimum absolute atomic E-state index is 0.119. The van der Waals surface area contributed by atoms with Crippen molar-refractivity contribution in [1.82, 2.24) is 9.55 Å². The van der Waals surface area contributed by atoms with Crippen LogP contribution in [0.2, 0.25) is 0 Å². The van der Waals surface area contributed by atoms with Gasteiger partial charge in [0.25, 0.3) is 0 Å². The maximum Gasteiger partial charge on any atom is 0.354 e. The molecule has 0 aromatic carbocycles. The second-order valence-electron chi connectivity index (χ2n) is 6.42. The summed E-state index contributed by atoms with van der Waals surface area (Å²) in [5.74, 6) is -0.845. The van der Waals surface area contributed by atoms with Gasteiger partial charge in [-0.15, -0.1) is 0 Å². The van der Waals surface area contributed by atoms with Gasteiger partial charge in [-0.05, 0) is 18.6 Å². The normalized spacial score (nSPS) is 17.8. The number of carbonyl (C=O) groups excluding carboxylic acids is 1. The van der Waals surface area contributed by atoms with Crippen LogP contribution in [0, 0.1) is 0 Å². The molecule has 0 unspecified atom stereocenters. The molecular weight excluding hydrogens is 338 g/mol. The van der Waals surface area contributed by atoms with E-state index in [-0.39, 0.29) is 22.9 Å². The number of aromatic carboxylic acids is 1. The van der Waals surface area contributed by atoms with Gasteiger partial charge < -0.3 is 19.9 Å². The van der Waals surface area contributed by atoms with Crippen LogP contribution in [0.4, 0.5) is 22.0 Å². The van der Waals surface area contributed by atoms with Crippen molar-refractivity contribution in [2.75, 3.05) is 28.2 Å². The van der Waals surface area contributed by atoms with E-state index in [1.807, 2.05) is 0 Å². The second kappa shape index (κ2) is 5.87. The smallest absolute Gasteiger partial charge is 0.354 e. The van der Waals surface area contributed by atoms with E-state index in [1.54, 1.807) is 23.9 Å². The highest BCUT2D eigenvalue weighted by Gasteiger charge is 2.40. The Balaban J connectivity index is 1.73. The average molecular weight is 355 g/mol. The molecule has 2 aliphatic rings. The number of urea groups is 1. The average Bonchev–Trinajstić information content (AvgIpc) is 3.02. The number of hydrogen-bond donors (Lipinski definition) is 2.